The zero-order valence-corrected chi connectivity index (χ0v) is 17.9. The lowest BCUT2D eigenvalue weighted by molar-refractivity contribution is 0.0763. The minimum atomic E-state index is -0.398. The first kappa shape index (κ1) is 20.2. The SMILES string of the molecule is Cc1ccc2c(c1)Oc1ccccc1C(N1CCCN(C(=O)c3cccc(F)c3)CC1)=N2. The van der Waals surface area contributed by atoms with Crippen LogP contribution in [0.3, 0.4) is 0 Å². The summed E-state index contributed by atoms with van der Waals surface area (Å²) in [4.78, 5) is 21.9. The van der Waals surface area contributed by atoms with Crippen molar-refractivity contribution in [3.8, 4) is 11.5 Å². The molecule has 3 aromatic carbocycles. The number of amidine groups is 1. The fraction of sp³-hybridized carbons (Fsp3) is 0.231. The summed E-state index contributed by atoms with van der Waals surface area (Å²) in [5.41, 5.74) is 3.22. The van der Waals surface area contributed by atoms with E-state index in [1.807, 2.05) is 49.4 Å². The summed E-state index contributed by atoms with van der Waals surface area (Å²) in [6.45, 7) is 4.59. The Bertz CT molecular complexity index is 1210. The van der Waals surface area contributed by atoms with Crippen LogP contribution in [0.25, 0.3) is 0 Å². The summed E-state index contributed by atoms with van der Waals surface area (Å²) in [6.07, 6.45) is 0.795. The first-order valence-electron chi connectivity index (χ1n) is 10.8. The molecule has 1 saturated heterocycles. The van der Waals surface area contributed by atoms with Crippen LogP contribution in [0.15, 0.2) is 71.7 Å². The number of aryl methyl sites for hydroxylation is 1. The molecule has 0 bridgehead atoms. The largest absolute Gasteiger partial charge is 0.454 e. The van der Waals surface area contributed by atoms with Crippen molar-refractivity contribution in [3.63, 3.8) is 0 Å². The van der Waals surface area contributed by atoms with Gasteiger partial charge in [-0.15, -0.1) is 0 Å². The summed E-state index contributed by atoms with van der Waals surface area (Å²) in [6, 6.07) is 19.8. The lowest BCUT2D eigenvalue weighted by atomic mass is 10.1. The summed E-state index contributed by atoms with van der Waals surface area (Å²) >= 11 is 0. The molecule has 2 aliphatic rings. The summed E-state index contributed by atoms with van der Waals surface area (Å²) in [5.74, 6) is 1.82. The molecule has 0 saturated carbocycles. The first-order valence-corrected chi connectivity index (χ1v) is 10.8. The third kappa shape index (κ3) is 3.96. The smallest absolute Gasteiger partial charge is 0.254 e. The zero-order valence-electron chi connectivity index (χ0n) is 17.9. The highest BCUT2D eigenvalue weighted by molar-refractivity contribution is 6.04. The Hall–Kier alpha value is -3.67. The van der Waals surface area contributed by atoms with E-state index in [1.54, 1.807) is 17.0 Å². The molecule has 0 unspecified atom stereocenters. The predicted octanol–water partition coefficient (Wildman–Crippen LogP) is 5.17. The second-order valence-corrected chi connectivity index (χ2v) is 8.15. The van der Waals surface area contributed by atoms with Crippen LogP contribution in [-0.2, 0) is 0 Å². The molecule has 0 spiro atoms. The van der Waals surface area contributed by atoms with E-state index in [0.717, 1.165) is 47.1 Å². The molecule has 0 radical (unpaired) electrons. The normalized spacial score (nSPS) is 15.6. The number of para-hydroxylation sites is 1. The number of nitrogens with zero attached hydrogens (tertiary/aromatic N) is 3. The lowest BCUT2D eigenvalue weighted by Crippen LogP contribution is -2.37. The quantitative estimate of drug-likeness (QED) is 0.536. The highest BCUT2D eigenvalue weighted by Crippen LogP contribution is 2.38. The lowest BCUT2D eigenvalue weighted by Gasteiger charge is -2.25. The molecule has 2 aliphatic heterocycles. The minimum absolute atomic E-state index is 0.140. The van der Waals surface area contributed by atoms with Crippen molar-refractivity contribution in [2.75, 3.05) is 26.2 Å². The van der Waals surface area contributed by atoms with E-state index in [-0.39, 0.29) is 5.91 Å². The number of fused-ring (bicyclic) bond motifs is 2. The fourth-order valence-corrected chi connectivity index (χ4v) is 4.21. The molecule has 0 aromatic heterocycles. The number of carbonyl (C=O) groups is 1. The van der Waals surface area contributed by atoms with Crippen molar-refractivity contribution in [2.24, 2.45) is 4.99 Å². The first-order chi connectivity index (χ1) is 15.6. The van der Waals surface area contributed by atoms with Gasteiger partial charge in [0.2, 0.25) is 0 Å². The third-order valence-corrected chi connectivity index (χ3v) is 5.84. The van der Waals surface area contributed by atoms with Crippen molar-refractivity contribution in [2.45, 2.75) is 13.3 Å². The monoisotopic (exact) mass is 429 g/mol. The molecule has 2 heterocycles. The van der Waals surface area contributed by atoms with Crippen LogP contribution in [0.2, 0.25) is 0 Å². The average molecular weight is 429 g/mol. The van der Waals surface area contributed by atoms with E-state index in [9.17, 15) is 9.18 Å². The van der Waals surface area contributed by atoms with Gasteiger partial charge in [0.25, 0.3) is 5.91 Å². The van der Waals surface area contributed by atoms with Crippen molar-refractivity contribution in [1.82, 2.24) is 9.80 Å². The molecule has 5 nitrogen and oxygen atoms in total. The number of benzene rings is 3. The molecule has 5 rings (SSSR count). The van der Waals surface area contributed by atoms with Crippen LogP contribution in [0, 0.1) is 12.7 Å². The Balaban J connectivity index is 1.44. The van der Waals surface area contributed by atoms with Crippen molar-refractivity contribution < 1.29 is 13.9 Å². The number of carbonyl (C=O) groups excluding carboxylic acids is 1. The topological polar surface area (TPSA) is 45.1 Å². The van der Waals surface area contributed by atoms with E-state index >= 15 is 0 Å². The average Bonchev–Trinajstić information content (AvgIpc) is 3.13. The van der Waals surface area contributed by atoms with Gasteiger partial charge < -0.3 is 14.5 Å². The van der Waals surface area contributed by atoms with Crippen LogP contribution in [0.5, 0.6) is 11.5 Å². The summed E-state index contributed by atoms with van der Waals surface area (Å²) < 4.78 is 19.8. The number of ether oxygens (including phenoxy) is 1. The summed E-state index contributed by atoms with van der Waals surface area (Å²) in [5, 5.41) is 0. The number of amides is 1. The molecule has 0 atom stereocenters. The second-order valence-electron chi connectivity index (χ2n) is 8.15. The number of hydrogen-bond acceptors (Lipinski definition) is 4. The highest BCUT2D eigenvalue weighted by Gasteiger charge is 2.26. The summed E-state index contributed by atoms with van der Waals surface area (Å²) in [7, 11) is 0. The van der Waals surface area contributed by atoms with Gasteiger partial charge >= 0.3 is 0 Å². The van der Waals surface area contributed by atoms with E-state index in [2.05, 4.69) is 4.90 Å². The molecule has 0 aliphatic carbocycles. The number of aliphatic imine (C=N–C) groups is 1. The van der Waals surface area contributed by atoms with Gasteiger partial charge in [0, 0.05) is 31.7 Å². The standard InChI is InChI=1S/C26H24FN3O2/c1-18-10-11-22-24(16-18)32-23-9-3-2-8-21(23)25(28-22)29-12-5-13-30(15-14-29)26(31)19-6-4-7-20(27)17-19/h2-4,6-11,16-17H,5,12-15H2,1H3. The Morgan fingerprint density at radius 1 is 0.938 bits per heavy atom. The van der Waals surface area contributed by atoms with Crippen LogP contribution >= 0.6 is 0 Å². The van der Waals surface area contributed by atoms with Gasteiger partial charge in [0.05, 0.1) is 5.56 Å². The van der Waals surface area contributed by atoms with Crippen molar-refractivity contribution >= 4 is 17.4 Å². The minimum Gasteiger partial charge on any atom is -0.454 e. The molecular weight excluding hydrogens is 405 g/mol. The van der Waals surface area contributed by atoms with Crippen LogP contribution < -0.4 is 4.74 Å². The highest BCUT2D eigenvalue weighted by atomic mass is 19.1. The van der Waals surface area contributed by atoms with Gasteiger partial charge in [-0.25, -0.2) is 9.38 Å². The maximum Gasteiger partial charge on any atom is 0.254 e. The molecule has 3 aromatic rings. The van der Waals surface area contributed by atoms with Gasteiger partial charge in [-0.05, 0) is 61.4 Å². The zero-order chi connectivity index (χ0) is 22.1. The molecule has 1 fully saturated rings. The number of rotatable bonds is 1. The number of halogens is 1. The van der Waals surface area contributed by atoms with Gasteiger partial charge in [0.1, 0.15) is 23.1 Å². The molecule has 162 valence electrons. The van der Waals surface area contributed by atoms with E-state index < -0.39 is 5.82 Å². The maximum absolute atomic E-state index is 13.6. The van der Waals surface area contributed by atoms with Gasteiger partial charge in [0.15, 0.2) is 5.75 Å². The Morgan fingerprint density at radius 3 is 2.69 bits per heavy atom. The van der Waals surface area contributed by atoms with Crippen molar-refractivity contribution in [1.29, 1.82) is 0 Å². The Labute approximate surface area is 186 Å². The molecule has 6 heteroatoms. The van der Waals surface area contributed by atoms with Gasteiger partial charge in [-0.3, -0.25) is 4.79 Å². The Morgan fingerprint density at radius 2 is 1.81 bits per heavy atom. The number of hydrogen-bond donors (Lipinski definition) is 0. The predicted molar refractivity (Wildman–Crippen MR) is 122 cm³/mol. The van der Waals surface area contributed by atoms with Crippen LogP contribution in [-0.4, -0.2) is 47.7 Å². The van der Waals surface area contributed by atoms with E-state index in [1.165, 1.54) is 12.1 Å². The third-order valence-electron chi connectivity index (χ3n) is 5.84. The van der Waals surface area contributed by atoms with Crippen LogP contribution in [0.4, 0.5) is 10.1 Å². The second kappa shape index (κ2) is 8.46. The molecular formula is C26H24FN3O2. The fourth-order valence-electron chi connectivity index (χ4n) is 4.21. The molecule has 0 N–H and O–H groups in total. The van der Waals surface area contributed by atoms with E-state index in [0.29, 0.717) is 25.2 Å². The van der Waals surface area contributed by atoms with E-state index in [4.69, 9.17) is 9.73 Å². The molecule has 32 heavy (non-hydrogen) atoms. The van der Waals surface area contributed by atoms with Gasteiger partial charge in [-0.2, -0.15) is 0 Å². The maximum atomic E-state index is 13.6. The van der Waals surface area contributed by atoms with Crippen molar-refractivity contribution in [3.05, 3.63) is 89.2 Å². The van der Waals surface area contributed by atoms with Gasteiger partial charge in [-0.1, -0.05) is 24.3 Å². The Kier molecular flexibility index (Phi) is 5.35. The molecule has 1 amide bonds. The van der Waals surface area contributed by atoms with Crippen LogP contribution in [0.1, 0.15) is 27.9 Å².